The third kappa shape index (κ3) is 4.55. The Hall–Kier alpha value is -3.74. The summed E-state index contributed by atoms with van der Waals surface area (Å²) in [6.07, 6.45) is 2.55. The molecule has 4 rings (SSSR count). The van der Waals surface area contributed by atoms with E-state index in [4.69, 9.17) is 4.52 Å². The molecule has 4 aromatic rings. The molecule has 1 amide bonds. The van der Waals surface area contributed by atoms with Gasteiger partial charge in [-0.25, -0.2) is 4.98 Å². The van der Waals surface area contributed by atoms with Crippen molar-refractivity contribution in [2.75, 3.05) is 0 Å². The number of hydrogen-bond acceptors (Lipinski definition) is 5. The van der Waals surface area contributed by atoms with Gasteiger partial charge in [0.25, 0.3) is 11.1 Å². The topological polar surface area (TPSA) is 90.0 Å². The zero-order valence-corrected chi connectivity index (χ0v) is 17.6. The van der Waals surface area contributed by atoms with Crippen LogP contribution in [0.2, 0.25) is 0 Å². The van der Waals surface area contributed by atoms with E-state index in [0.29, 0.717) is 17.8 Å². The van der Waals surface area contributed by atoms with Gasteiger partial charge in [0.05, 0.1) is 6.33 Å². The van der Waals surface area contributed by atoms with E-state index in [1.807, 2.05) is 55.5 Å². The van der Waals surface area contributed by atoms with Gasteiger partial charge in [-0.1, -0.05) is 66.2 Å². The number of amides is 1. The summed E-state index contributed by atoms with van der Waals surface area (Å²) in [7, 11) is 0. The molecule has 1 N–H and O–H groups in total. The fourth-order valence-corrected chi connectivity index (χ4v) is 3.32. The summed E-state index contributed by atoms with van der Waals surface area (Å²) in [6, 6.07) is 15.9. The first-order chi connectivity index (χ1) is 15.0. The third-order valence-electron chi connectivity index (χ3n) is 5.27. The van der Waals surface area contributed by atoms with Crippen LogP contribution in [0.15, 0.2) is 64.2 Å². The number of carbonyl (C=O) groups excluding carboxylic acids is 1. The highest BCUT2D eigenvalue weighted by molar-refractivity contribution is 5.87. The third-order valence-corrected chi connectivity index (χ3v) is 5.27. The van der Waals surface area contributed by atoms with E-state index in [9.17, 15) is 9.59 Å². The smallest absolute Gasteiger partial charge is 0.299 e. The van der Waals surface area contributed by atoms with E-state index < -0.39 is 0 Å². The molecule has 2 aromatic heterocycles. The normalized spacial score (nSPS) is 11.0. The monoisotopic (exact) mass is 416 g/mol. The molecule has 0 fully saturated rings. The van der Waals surface area contributed by atoms with Crippen molar-refractivity contribution < 1.29 is 9.32 Å². The van der Waals surface area contributed by atoms with Gasteiger partial charge in [-0.05, 0) is 24.5 Å². The zero-order chi connectivity index (χ0) is 21.8. The molecule has 0 saturated carbocycles. The van der Waals surface area contributed by atoms with Crippen LogP contribution in [0, 0.1) is 6.92 Å². The Morgan fingerprint density at radius 1 is 1.06 bits per heavy atom. The van der Waals surface area contributed by atoms with E-state index >= 15 is 0 Å². The number of benzene rings is 2. The van der Waals surface area contributed by atoms with Gasteiger partial charge in [-0.2, -0.15) is 0 Å². The summed E-state index contributed by atoms with van der Waals surface area (Å²) in [5.74, 6) is -0.137. The average Bonchev–Trinajstić information content (AvgIpc) is 3.23. The number of aryl methyl sites for hydroxylation is 3. The van der Waals surface area contributed by atoms with E-state index in [-0.39, 0.29) is 30.0 Å². The standard InChI is InChI=1S/C24H24N4O3/c1-3-17-8-10-19(11-9-17)21-22-23(31-27-21)24(30)28(15-26-22)13-12-20(29)25-14-18-6-4-16(2)5-7-18/h4-11,15H,3,12-14H2,1-2H3,(H,25,29). The van der Waals surface area contributed by atoms with Crippen molar-refractivity contribution in [3.05, 3.63) is 81.9 Å². The molecule has 31 heavy (non-hydrogen) atoms. The number of rotatable bonds is 7. The van der Waals surface area contributed by atoms with Gasteiger partial charge < -0.3 is 9.84 Å². The van der Waals surface area contributed by atoms with Crippen molar-refractivity contribution in [2.45, 2.75) is 39.8 Å². The lowest BCUT2D eigenvalue weighted by molar-refractivity contribution is -0.121. The largest absolute Gasteiger partial charge is 0.352 e. The van der Waals surface area contributed by atoms with E-state index in [1.165, 1.54) is 22.0 Å². The number of nitrogens with one attached hydrogen (secondary N) is 1. The molecule has 0 aliphatic rings. The Labute approximate surface area is 179 Å². The maximum absolute atomic E-state index is 12.8. The molecule has 0 unspecified atom stereocenters. The second-order valence-corrected chi connectivity index (χ2v) is 7.51. The lowest BCUT2D eigenvalue weighted by Gasteiger charge is -2.07. The summed E-state index contributed by atoms with van der Waals surface area (Å²) in [6.45, 7) is 4.77. The van der Waals surface area contributed by atoms with Crippen LogP contribution in [0.25, 0.3) is 22.4 Å². The van der Waals surface area contributed by atoms with Gasteiger partial charge in [0.2, 0.25) is 5.91 Å². The fourth-order valence-electron chi connectivity index (χ4n) is 3.32. The molecule has 158 valence electrons. The van der Waals surface area contributed by atoms with Crippen LogP contribution in [0.5, 0.6) is 0 Å². The molecule has 0 aliphatic heterocycles. The fraction of sp³-hybridized carbons (Fsp3) is 0.250. The predicted octanol–water partition coefficient (Wildman–Crippen LogP) is 3.63. The molecule has 7 nitrogen and oxygen atoms in total. The molecular weight excluding hydrogens is 392 g/mol. The predicted molar refractivity (Wildman–Crippen MR) is 119 cm³/mol. The average molecular weight is 416 g/mol. The van der Waals surface area contributed by atoms with Gasteiger partial charge in [0, 0.05) is 25.1 Å². The molecule has 0 radical (unpaired) electrons. The van der Waals surface area contributed by atoms with Crippen molar-refractivity contribution in [1.29, 1.82) is 0 Å². The summed E-state index contributed by atoms with van der Waals surface area (Å²) >= 11 is 0. The first-order valence-electron chi connectivity index (χ1n) is 10.3. The SMILES string of the molecule is CCc1ccc(-c2noc3c(=O)n(CCC(=O)NCc4ccc(C)cc4)cnc23)cc1. The maximum atomic E-state index is 12.8. The van der Waals surface area contributed by atoms with Gasteiger partial charge >= 0.3 is 0 Å². The van der Waals surface area contributed by atoms with Crippen LogP contribution in [-0.4, -0.2) is 20.6 Å². The number of fused-ring (bicyclic) bond motifs is 1. The highest BCUT2D eigenvalue weighted by Gasteiger charge is 2.16. The minimum atomic E-state index is -0.347. The van der Waals surface area contributed by atoms with Crippen LogP contribution in [-0.2, 0) is 24.3 Å². The molecular formula is C24H24N4O3. The van der Waals surface area contributed by atoms with Crippen LogP contribution < -0.4 is 10.9 Å². The lowest BCUT2D eigenvalue weighted by Crippen LogP contribution is -2.27. The summed E-state index contributed by atoms with van der Waals surface area (Å²) in [5.41, 5.74) is 4.97. The van der Waals surface area contributed by atoms with Gasteiger partial charge in [0.1, 0.15) is 11.2 Å². The lowest BCUT2D eigenvalue weighted by atomic mass is 10.1. The minimum absolute atomic E-state index is 0.0946. The molecule has 0 saturated heterocycles. The van der Waals surface area contributed by atoms with Crippen molar-refractivity contribution in [3.8, 4) is 11.3 Å². The molecule has 2 heterocycles. The quantitative estimate of drug-likeness (QED) is 0.497. The van der Waals surface area contributed by atoms with Crippen LogP contribution in [0.4, 0.5) is 0 Å². The first kappa shape index (κ1) is 20.5. The number of hydrogen-bond donors (Lipinski definition) is 1. The second-order valence-electron chi connectivity index (χ2n) is 7.51. The first-order valence-corrected chi connectivity index (χ1v) is 10.3. The molecule has 7 heteroatoms. The van der Waals surface area contributed by atoms with Crippen molar-refractivity contribution in [1.82, 2.24) is 20.0 Å². The highest BCUT2D eigenvalue weighted by atomic mass is 16.5. The van der Waals surface area contributed by atoms with E-state index in [2.05, 4.69) is 22.4 Å². The number of carbonyl (C=O) groups is 1. The Morgan fingerprint density at radius 3 is 2.48 bits per heavy atom. The Kier molecular flexibility index (Phi) is 5.93. The number of nitrogens with zero attached hydrogens (tertiary/aromatic N) is 3. The van der Waals surface area contributed by atoms with Crippen molar-refractivity contribution in [2.24, 2.45) is 0 Å². The highest BCUT2D eigenvalue weighted by Crippen LogP contribution is 2.24. The molecule has 2 aromatic carbocycles. The van der Waals surface area contributed by atoms with Crippen LogP contribution in [0.1, 0.15) is 30.0 Å². The Morgan fingerprint density at radius 2 is 1.77 bits per heavy atom. The van der Waals surface area contributed by atoms with Crippen LogP contribution >= 0.6 is 0 Å². The summed E-state index contributed by atoms with van der Waals surface area (Å²) < 4.78 is 6.68. The van der Waals surface area contributed by atoms with Gasteiger partial charge in [0.15, 0.2) is 0 Å². The maximum Gasteiger partial charge on any atom is 0.299 e. The summed E-state index contributed by atoms with van der Waals surface area (Å²) in [4.78, 5) is 29.3. The van der Waals surface area contributed by atoms with Crippen molar-refractivity contribution in [3.63, 3.8) is 0 Å². The molecule has 0 aliphatic carbocycles. The van der Waals surface area contributed by atoms with Crippen molar-refractivity contribution >= 4 is 17.0 Å². The zero-order valence-electron chi connectivity index (χ0n) is 17.6. The van der Waals surface area contributed by atoms with Gasteiger partial charge in [-0.15, -0.1) is 0 Å². The van der Waals surface area contributed by atoms with Crippen LogP contribution in [0.3, 0.4) is 0 Å². The number of aromatic nitrogens is 3. The Bertz CT molecular complexity index is 1250. The second kappa shape index (κ2) is 8.95. The van der Waals surface area contributed by atoms with Gasteiger partial charge in [-0.3, -0.25) is 14.2 Å². The Balaban J connectivity index is 1.44. The molecule has 0 atom stereocenters. The van der Waals surface area contributed by atoms with E-state index in [0.717, 1.165) is 17.5 Å². The van der Waals surface area contributed by atoms with E-state index in [1.54, 1.807) is 0 Å². The minimum Gasteiger partial charge on any atom is -0.352 e. The molecule has 0 bridgehead atoms. The molecule has 0 spiro atoms. The summed E-state index contributed by atoms with van der Waals surface area (Å²) in [5, 5.41) is 6.93.